The van der Waals surface area contributed by atoms with Crippen molar-refractivity contribution in [1.82, 2.24) is 0 Å². The summed E-state index contributed by atoms with van der Waals surface area (Å²) in [6.07, 6.45) is 4.10. The minimum atomic E-state index is -0.0696. The summed E-state index contributed by atoms with van der Waals surface area (Å²) in [5.74, 6) is 0.833. The maximum Gasteiger partial charge on any atom is 0.0724 e. The Kier molecular flexibility index (Phi) is 5.42. The monoisotopic (exact) mass is 264 g/mol. The fraction of sp³-hybridized carbons (Fsp3) is 1.00. The van der Waals surface area contributed by atoms with Crippen molar-refractivity contribution in [2.75, 3.05) is 25.2 Å². The van der Waals surface area contributed by atoms with Gasteiger partial charge in [0.1, 0.15) is 0 Å². The van der Waals surface area contributed by atoms with Gasteiger partial charge in [-0.1, -0.05) is 22.4 Å². The Balaban J connectivity index is 1.88. The van der Waals surface area contributed by atoms with Crippen LogP contribution in [0.3, 0.4) is 0 Å². The molecule has 0 spiro atoms. The average Bonchev–Trinajstić information content (AvgIpc) is 2.08. The largest absolute Gasteiger partial charge is 0.379 e. The van der Waals surface area contributed by atoms with E-state index in [0.717, 1.165) is 24.5 Å². The van der Waals surface area contributed by atoms with Gasteiger partial charge in [0, 0.05) is 11.9 Å². The summed E-state index contributed by atoms with van der Waals surface area (Å²) in [5, 5.41) is 0.864. The first-order valence-corrected chi connectivity index (χ1v) is 6.54. The van der Waals surface area contributed by atoms with E-state index >= 15 is 0 Å². The summed E-state index contributed by atoms with van der Waals surface area (Å²) in [6.45, 7) is 6.51. The third kappa shape index (κ3) is 4.76. The molecule has 14 heavy (non-hydrogen) atoms. The lowest BCUT2D eigenvalue weighted by Gasteiger charge is -2.26. The number of hydrogen-bond donors (Lipinski definition) is 0. The van der Waals surface area contributed by atoms with E-state index in [1.807, 2.05) is 0 Å². The topological polar surface area (TPSA) is 18.5 Å². The molecule has 0 radical (unpaired) electrons. The Morgan fingerprint density at radius 3 is 2.50 bits per heavy atom. The minimum absolute atomic E-state index is 0.0696. The zero-order valence-corrected chi connectivity index (χ0v) is 10.8. The molecule has 0 bridgehead atoms. The van der Waals surface area contributed by atoms with E-state index < -0.39 is 0 Å². The second-order valence-electron chi connectivity index (χ2n) is 4.61. The van der Waals surface area contributed by atoms with Crippen LogP contribution in [0.25, 0.3) is 0 Å². The molecule has 0 N–H and O–H groups in total. The number of rotatable bonds is 7. The molecular weight excluding hydrogens is 244 g/mol. The Bertz CT molecular complexity index is 155. The molecule has 0 aliphatic heterocycles. The molecule has 0 amide bonds. The van der Waals surface area contributed by atoms with Gasteiger partial charge in [0.05, 0.1) is 18.8 Å². The smallest absolute Gasteiger partial charge is 0.0724 e. The second-order valence-corrected chi connectivity index (χ2v) is 5.17. The highest BCUT2D eigenvalue weighted by Gasteiger charge is 2.18. The molecule has 1 rings (SSSR count). The first kappa shape index (κ1) is 12.5. The maximum atomic E-state index is 5.64. The summed E-state index contributed by atoms with van der Waals surface area (Å²) < 4.78 is 11.2. The molecule has 84 valence electrons. The fourth-order valence-electron chi connectivity index (χ4n) is 1.32. The van der Waals surface area contributed by atoms with Crippen molar-refractivity contribution in [2.24, 2.45) is 5.92 Å². The number of ether oxygens (including phenoxy) is 2. The van der Waals surface area contributed by atoms with Crippen LogP contribution in [0.1, 0.15) is 33.1 Å². The lowest BCUT2D eigenvalue weighted by atomic mass is 9.86. The summed E-state index contributed by atoms with van der Waals surface area (Å²) in [6, 6.07) is 0. The molecule has 1 aliphatic carbocycles. The molecule has 1 saturated carbocycles. The Labute approximate surface area is 95.5 Å². The quantitative estimate of drug-likeness (QED) is 0.520. The molecule has 2 nitrogen and oxygen atoms in total. The molecule has 3 heteroatoms. The van der Waals surface area contributed by atoms with E-state index in [1.54, 1.807) is 0 Å². The van der Waals surface area contributed by atoms with Crippen LogP contribution in [-0.4, -0.2) is 30.8 Å². The van der Waals surface area contributed by atoms with Crippen LogP contribution < -0.4 is 0 Å². The molecule has 0 unspecified atom stereocenters. The number of hydrogen-bond acceptors (Lipinski definition) is 2. The summed E-state index contributed by atoms with van der Waals surface area (Å²) >= 11 is 3.42. The van der Waals surface area contributed by atoms with Crippen LogP contribution in [0, 0.1) is 5.92 Å². The highest BCUT2D eigenvalue weighted by Crippen LogP contribution is 2.26. The third-order valence-corrected chi connectivity index (χ3v) is 3.97. The normalized spacial score (nSPS) is 18.2. The average molecular weight is 265 g/mol. The van der Waals surface area contributed by atoms with Crippen LogP contribution in [0.4, 0.5) is 0 Å². The van der Waals surface area contributed by atoms with Crippen molar-refractivity contribution in [3.05, 3.63) is 0 Å². The van der Waals surface area contributed by atoms with Crippen LogP contribution in [-0.2, 0) is 9.47 Å². The zero-order valence-electron chi connectivity index (χ0n) is 9.22. The van der Waals surface area contributed by atoms with Crippen molar-refractivity contribution in [3.8, 4) is 0 Å². The van der Waals surface area contributed by atoms with E-state index in [4.69, 9.17) is 9.47 Å². The molecule has 0 aromatic rings. The molecular formula is C11H21BrO2. The predicted molar refractivity (Wildman–Crippen MR) is 62.0 cm³/mol. The van der Waals surface area contributed by atoms with Gasteiger partial charge in [-0.3, -0.25) is 0 Å². The molecule has 0 heterocycles. The Hall–Kier alpha value is 0.400. The minimum Gasteiger partial charge on any atom is -0.379 e. The van der Waals surface area contributed by atoms with E-state index in [9.17, 15) is 0 Å². The number of halogens is 1. The molecule has 1 aliphatic rings. The van der Waals surface area contributed by atoms with Crippen LogP contribution in [0.15, 0.2) is 0 Å². The van der Waals surface area contributed by atoms with Crippen molar-refractivity contribution in [1.29, 1.82) is 0 Å². The molecule has 0 atom stereocenters. The van der Waals surface area contributed by atoms with Crippen molar-refractivity contribution in [2.45, 2.75) is 38.7 Å². The molecule has 0 aromatic heterocycles. The first-order valence-electron chi connectivity index (χ1n) is 5.42. The third-order valence-electron chi connectivity index (χ3n) is 2.62. The SMILES string of the molecule is CC(C)(CBr)OCCOCC1CCC1. The lowest BCUT2D eigenvalue weighted by Crippen LogP contribution is -2.28. The number of alkyl halides is 1. The van der Waals surface area contributed by atoms with Crippen LogP contribution in [0.2, 0.25) is 0 Å². The summed E-state index contributed by atoms with van der Waals surface area (Å²) in [5.41, 5.74) is -0.0696. The predicted octanol–water partition coefficient (Wildman–Crippen LogP) is 2.99. The van der Waals surface area contributed by atoms with Gasteiger partial charge in [-0.05, 0) is 32.6 Å². The summed E-state index contributed by atoms with van der Waals surface area (Å²) in [7, 11) is 0. The van der Waals surface area contributed by atoms with E-state index in [0.29, 0.717) is 6.61 Å². The molecule has 1 fully saturated rings. The van der Waals surface area contributed by atoms with Gasteiger partial charge in [-0.25, -0.2) is 0 Å². The fourth-order valence-corrected chi connectivity index (χ4v) is 1.49. The van der Waals surface area contributed by atoms with Crippen molar-refractivity contribution >= 4 is 15.9 Å². The molecule has 0 aromatic carbocycles. The molecule has 0 saturated heterocycles. The van der Waals surface area contributed by atoms with Crippen molar-refractivity contribution < 1.29 is 9.47 Å². The van der Waals surface area contributed by atoms with Gasteiger partial charge in [-0.2, -0.15) is 0 Å². The lowest BCUT2D eigenvalue weighted by molar-refractivity contribution is -0.0399. The second kappa shape index (κ2) is 6.09. The Morgan fingerprint density at radius 1 is 1.29 bits per heavy atom. The first-order chi connectivity index (χ1) is 6.64. The van der Waals surface area contributed by atoms with Gasteiger partial charge in [0.15, 0.2) is 0 Å². The van der Waals surface area contributed by atoms with E-state index in [2.05, 4.69) is 29.8 Å². The van der Waals surface area contributed by atoms with E-state index in [1.165, 1.54) is 19.3 Å². The van der Waals surface area contributed by atoms with Crippen LogP contribution in [0.5, 0.6) is 0 Å². The van der Waals surface area contributed by atoms with Gasteiger partial charge in [-0.15, -0.1) is 0 Å². The summed E-state index contributed by atoms with van der Waals surface area (Å²) in [4.78, 5) is 0. The highest BCUT2D eigenvalue weighted by atomic mass is 79.9. The zero-order chi connectivity index (χ0) is 10.4. The Morgan fingerprint density at radius 2 is 2.00 bits per heavy atom. The van der Waals surface area contributed by atoms with Gasteiger partial charge in [0.25, 0.3) is 0 Å². The highest BCUT2D eigenvalue weighted by molar-refractivity contribution is 9.09. The van der Waals surface area contributed by atoms with Crippen LogP contribution >= 0.6 is 15.9 Å². The van der Waals surface area contributed by atoms with Gasteiger partial charge < -0.3 is 9.47 Å². The van der Waals surface area contributed by atoms with Gasteiger partial charge >= 0.3 is 0 Å². The van der Waals surface area contributed by atoms with Gasteiger partial charge in [0.2, 0.25) is 0 Å². The van der Waals surface area contributed by atoms with Crippen molar-refractivity contribution in [3.63, 3.8) is 0 Å². The standard InChI is InChI=1S/C11H21BrO2/c1-11(2,9-12)14-7-6-13-8-10-4-3-5-10/h10H,3-9H2,1-2H3. The maximum absolute atomic E-state index is 5.64. The van der Waals surface area contributed by atoms with E-state index in [-0.39, 0.29) is 5.60 Å².